The molecule has 1 aromatic carbocycles. The molecule has 0 spiro atoms. The Morgan fingerprint density at radius 1 is 1.15 bits per heavy atom. The van der Waals surface area contributed by atoms with Crippen LogP contribution in [0.15, 0.2) is 18.2 Å². The van der Waals surface area contributed by atoms with Crippen molar-refractivity contribution >= 4 is 0 Å². The second-order valence-corrected chi connectivity index (χ2v) is 7.28. The molecule has 0 amide bonds. The molecule has 2 heteroatoms. The molecule has 0 saturated heterocycles. The lowest BCUT2D eigenvalue weighted by atomic mass is 9.76. The zero-order valence-electron chi connectivity index (χ0n) is 12.7. The molecule has 0 N–H and O–H groups in total. The molecule has 110 valence electrons. The molecule has 2 aliphatic carbocycles. The Bertz CT molecular complexity index is 517. The summed E-state index contributed by atoms with van der Waals surface area (Å²) in [6.45, 7) is 5.17. The van der Waals surface area contributed by atoms with Crippen LogP contribution in [-0.4, -0.2) is 0 Å². The highest BCUT2D eigenvalue weighted by atomic mass is 19.1. The molecule has 1 aromatic rings. The van der Waals surface area contributed by atoms with Gasteiger partial charge >= 0.3 is 0 Å². The Balaban J connectivity index is 1.96. The van der Waals surface area contributed by atoms with Gasteiger partial charge in [-0.05, 0) is 68.6 Å². The normalized spacial score (nSPS) is 22.6. The molecule has 2 saturated carbocycles. The molecule has 0 atom stereocenters. The van der Waals surface area contributed by atoms with Crippen LogP contribution in [0.25, 0.3) is 0 Å². The Morgan fingerprint density at radius 2 is 1.80 bits per heavy atom. The van der Waals surface area contributed by atoms with Gasteiger partial charge in [0, 0.05) is 5.41 Å². The summed E-state index contributed by atoms with van der Waals surface area (Å²) in [6.07, 6.45) is 7.03. The lowest BCUT2D eigenvalue weighted by molar-refractivity contribution is 0.220. The fourth-order valence-corrected chi connectivity index (χ4v) is 4.08. The molecular formula is C18H24F2. The summed E-state index contributed by atoms with van der Waals surface area (Å²) in [7, 11) is 0. The highest BCUT2D eigenvalue weighted by Crippen LogP contribution is 2.72. The summed E-state index contributed by atoms with van der Waals surface area (Å²) in [6, 6.07) is 5.05. The van der Waals surface area contributed by atoms with Gasteiger partial charge in [0.2, 0.25) is 0 Å². The monoisotopic (exact) mass is 278 g/mol. The molecule has 0 nitrogen and oxygen atoms in total. The minimum atomic E-state index is -1.48. The number of alkyl halides is 1. The van der Waals surface area contributed by atoms with E-state index in [9.17, 15) is 8.78 Å². The average Bonchev–Trinajstić information content (AvgIpc) is 3.22. The molecule has 2 fully saturated rings. The minimum absolute atomic E-state index is 0.0616. The molecule has 20 heavy (non-hydrogen) atoms. The average molecular weight is 278 g/mol. The van der Waals surface area contributed by atoms with Crippen molar-refractivity contribution in [3.05, 3.63) is 35.1 Å². The molecule has 0 unspecified atom stereocenters. The third kappa shape index (κ3) is 1.99. The van der Waals surface area contributed by atoms with Crippen LogP contribution < -0.4 is 0 Å². The van der Waals surface area contributed by atoms with Crippen LogP contribution in [0.2, 0.25) is 0 Å². The zero-order chi connectivity index (χ0) is 14.6. The predicted octanol–water partition coefficient (Wildman–Crippen LogP) is 5.64. The van der Waals surface area contributed by atoms with E-state index in [1.165, 1.54) is 45.6 Å². The molecule has 3 rings (SSSR count). The molecule has 2 aliphatic rings. The Labute approximate surface area is 120 Å². The highest BCUT2D eigenvalue weighted by Gasteiger charge is 2.65. The van der Waals surface area contributed by atoms with Crippen LogP contribution in [0.1, 0.15) is 70.4 Å². The van der Waals surface area contributed by atoms with E-state index in [1.54, 1.807) is 6.07 Å². The van der Waals surface area contributed by atoms with Crippen LogP contribution in [0.4, 0.5) is 8.78 Å². The fourth-order valence-electron chi connectivity index (χ4n) is 4.08. The summed E-state index contributed by atoms with van der Waals surface area (Å²) < 4.78 is 28.5. The first kappa shape index (κ1) is 14.0. The van der Waals surface area contributed by atoms with Crippen LogP contribution in [0.3, 0.4) is 0 Å². The third-order valence-corrected chi connectivity index (χ3v) is 5.52. The quantitative estimate of drug-likeness (QED) is 0.653. The van der Waals surface area contributed by atoms with Crippen molar-refractivity contribution in [2.75, 3.05) is 0 Å². The van der Waals surface area contributed by atoms with Gasteiger partial charge in [0.25, 0.3) is 0 Å². The topological polar surface area (TPSA) is 0 Å². The van der Waals surface area contributed by atoms with Crippen molar-refractivity contribution in [3.63, 3.8) is 0 Å². The van der Waals surface area contributed by atoms with Crippen molar-refractivity contribution in [2.45, 2.75) is 70.4 Å². The summed E-state index contributed by atoms with van der Waals surface area (Å²) in [4.78, 5) is 0. The first-order chi connectivity index (χ1) is 9.35. The highest BCUT2D eigenvalue weighted by molar-refractivity contribution is 5.41. The minimum Gasteiger partial charge on any atom is -0.239 e. The predicted molar refractivity (Wildman–Crippen MR) is 78.0 cm³/mol. The van der Waals surface area contributed by atoms with E-state index < -0.39 is 5.67 Å². The molecule has 0 heterocycles. The van der Waals surface area contributed by atoms with Crippen LogP contribution in [0, 0.1) is 11.2 Å². The summed E-state index contributed by atoms with van der Waals surface area (Å²) in [5, 5.41) is 0. The maximum Gasteiger partial charge on any atom is 0.130 e. The van der Waals surface area contributed by atoms with Gasteiger partial charge in [0.1, 0.15) is 11.5 Å². The SMILES string of the molecule is CCCC1(C2(c3ccc(C(C)(C)F)cc3F)CC2)CC1. The van der Waals surface area contributed by atoms with E-state index in [0.29, 0.717) is 11.0 Å². The van der Waals surface area contributed by atoms with Crippen molar-refractivity contribution in [1.82, 2.24) is 0 Å². The number of rotatable bonds is 5. The Morgan fingerprint density at radius 3 is 2.20 bits per heavy atom. The van der Waals surface area contributed by atoms with Crippen molar-refractivity contribution in [3.8, 4) is 0 Å². The number of halogens is 2. The first-order valence-corrected chi connectivity index (χ1v) is 7.84. The lowest BCUT2D eigenvalue weighted by Gasteiger charge is -2.28. The van der Waals surface area contributed by atoms with E-state index in [0.717, 1.165) is 18.4 Å². The van der Waals surface area contributed by atoms with Gasteiger partial charge in [0.05, 0.1) is 0 Å². The van der Waals surface area contributed by atoms with Crippen molar-refractivity contribution in [1.29, 1.82) is 0 Å². The number of benzene rings is 1. The summed E-state index contributed by atoms with van der Waals surface area (Å²) in [5.41, 5.74) is 0.212. The molecule has 0 bridgehead atoms. The van der Waals surface area contributed by atoms with E-state index in [1.807, 2.05) is 6.07 Å². The molecule has 0 aliphatic heterocycles. The van der Waals surface area contributed by atoms with Crippen LogP contribution in [0.5, 0.6) is 0 Å². The van der Waals surface area contributed by atoms with Gasteiger partial charge in [-0.15, -0.1) is 0 Å². The largest absolute Gasteiger partial charge is 0.239 e. The van der Waals surface area contributed by atoms with E-state index in [4.69, 9.17) is 0 Å². The Hall–Kier alpha value is -0.920. The number of hydrogen-bond acceptors (Lipinski definition) is 0. The van der Waals surface area contributed by atoms with E-state index >= 15 is 0 Å². The zero-order valence-corrected chi connectivity index (χ0v) is 12.7. The standard InChI is InChI=1S/C18H24F2/c1-4-7-17(8-9-17)18(10-11-18)14-6-5-13(12-15(14)19)16(2,3)20/h5-6,12H,4,7-11H2,1-3H3. The summed E-state index contributed by atoms with van der Waals surface area (Å²) >= 11 is 0. The van der Waals surface area contributed by atoms with Gasteiger partial charge < -0.3 is 0 Å². The van der Waals surface area contributed by atoms with Gasteiger partial charge in [-0.2, -0.15) is 0 Å². The second-order valence-electron chi connectivity index (χ2n) is 7.28. The molecule has 0 aromatic heterocycles. The van der Waals surface area contributed by atoms with Crippen LogP contribution in [-0.2, 0) is 11.1 Å². The first-order valence-electron chi connectivity index (χ1n) is 7.84. The third-order valence-electron chi connectivity index (χ3n) is 5.52. The molecular weight excluding hydrogens is 254 g/mol. The maximum atomic E-state index is 14.5. The Kier molecular flexibility index (Phi) is 3.01. The smallest absolute Gasteiger partial charge is 0.130 e. The van der Waals surface area contributed by atoms with Crippen molar-refractivity contribution in [2.24, 2.45) is 5.41 Å². The molecule has 0 radical (unpaired) electrons. The van der Waals surface area contributed by atoms with Crippen LogP contribution >= 0.6 is 0 Å². The fraction of sp³-hybridized carbons (Fsp3) is 0.667. The van der Waals surface area contributed by atoms with Gasteiger partial charge in [-0.1, -0.05) is 25.5 Å². The second kappa shape index (κ2) is 4.29. The summed E-state index contributed by atoms with van der Waals surface area (Å²) in [5.74, 6) is -0.201. The van der Waals surface area contributed by atoms with E-state index in [-0.39, 0.29) is 11.2 Å². The van der Waals surface area contributed by atoms with Crippen molar-refractivity contribution < 1.29 is 8.78 Å². The maximum absolute atomic E-state index is 14.5. The van der Waals surface area contributed by atoms with Gasteiger partial charge in [0.15, 0.2) is 0 Å². The number of hydrogen-bond donors (Lipinski definition) is 0. The van der Waals surface area contributed by atoms with Gasteiger partial charge in [-0.25, -0.2) is 8.78 Å². The lowest BCUT2D eigenvalue weighted by Crippen LogP contribution is -2.24. The van der Waals surface area contributed by atoms with E-state index in [2.05, 4.69) is 6.92 Å². The van der Waals surface area contributed by atoms with Gasteiger partial charge in [-0.3, -0.25) is 0 Å².